The molecule has 0 aliphatic rings. The molecule has 0 unspecified atom stereocenters. The highest BCUT2D eigenvalue weighted by Crippen LogP contribution is 2.19. The Morgan fingerprint density at radius 3 is 2.88 bits per heavy atom. The molecule has 1 N–H and O–H groups in total. The minimum absolute atomic E-state index is 0.718. The van der Waals surface area contributed by atoms with E-state index in [1.807, 2.05) is 24.3 Å². The Labute approximate surface area is 109 Å². The van der Waals surface area contributed by atoms with E-state index in [1.54, 1.807) is 13.3 Å². The zero-order valence-corrected chi connectivity index (χ0v) is 11.0. The van der Waals surface area contributed by atoms with Crippen LogP contribution in [0.15, 0.2) is 30.5 Å². The zero-order chi connectivity index (χ0) is 12.1. The first-order valence-electron chi connectivity index (χ1n) is 5.22. The Balaban J connectivity index is 1.89. The predicted molar refractivity (Wildman–Crippen MR) is 70.7 cm³/mol. The van der Waals surface area contributed by atoms with Gasteiger partial charge in [0.15, 0.2) is 0 Å². The molecule has 3 nitrogen and oxygen atoms in total. The van der Waals surface area contributed by atoms with Gasteiger partial charge in [-0.2, -0.15) is 0 Å². The van der Waals surface area contributed by atoms with E-state index in [1.165, 1.54) is 11.3 Å². The van der Waals surface area contributed by atoms with Crippen LogP contribution in [0.5, 0.6) is 5.75 Å². The number of rotatable bonds is 5. The second kappa shape index (κ2) is 6.00. The first kappa shape index (κ1) is 12.4. The van der Waals surface area contributed by atoms with Crippen LogP contribution in [0.3, 0.4) is 0 Å². The van der Waals surface area contributed by atoms with Crippen LogP contribution in [0.2, 0.25) is 4.34 Å². The van der Waals surface area contributed by atoms with E-state index in [9.17, 15) is 0 Å². The summed E-state index contributed by atoms with van der Waals surface area (Å²) in [5.41, 5.74) is 1.14. The van der Waals surface area contributed by atoms with Crippen molar-refractivity contribution < 1.29 is 4.74 Å². The first-order chi connectivity index (χ1) is 8.29. The van der Waals surface area contributed by atoms with Gasteiger partial charge in [0.25, 0.3) is 0 Å². The first-order valence-corrected chi connectivity index (χ1v) is 6.42. The van der Waals surface area contributed by atoms with Gasteiger partial charge < -0.3 is 10.1 Å². The lowest BCUT2D eigenvalue weighted by molar-refractivity contribution is 0.407. The highest BCUT2D eigenvalue weighted by Gasteiger charge is 2.02. The van der Waals surface area contributed by atoms with Crippen LogP contribution in [0.25, 0.3) is 0 Å². The van der Waals surface area contributed by atoms with E-state index < -0.39 is 0 Å². The van der Waals surface area contributed by atoms with Gasteiger partial charge in [-0.05, 0) is 6.07 Å². The van der Waals surface area contributed by atoms with E-state index in [4.69, 9.17) is 16.3 Å². The molecule has 1 aromatic carbocycles. The van der Waals surface area contributed by atoms with Crippen LogP contribution < -0.4 is 10.1 Å². The van der Waals surface area contributed by atoms with Gasteiger partial charge in [0.1, 0.15) is 15.1 Å². The molecule has 0 saturated carbocycles. The summed E-state index contributed by atoms with van der Waals surface area (Å²) in [6.07, 6.45) is 1.67. The summed E-state index contributed by atoms with van der Waals surface area (Å²) < 4.78 is 6.00. The van der Waals surface area contributed by atoms with Crippen molar-refractivity contribution in [1.29, 1.82) is 0 Å². The fraction of sp³-hybridized carbons (Fsp3) is 0.250. The topological polar surface area (TPSA) is 34.1 Å². The van der Waals surface area contributed by atoms with Gasteiger partial charge in [0, 0.05) is 18.7 Å². The third-order valence-corrected chi connectivity index (χ3v) is 3.42. The number of nitrogens with zero attached hydrogens (tertiary/aromatic N) is 1. The number of hydrogen-bond acceptors (Lipinski definition) is 4. The lowest BCUT2D eigenvalue weighted by atomic mass is 10.2. The smallest absolute Gasteiger partial charge is 0.123 e. The minimum Gasteiger partial charge on any atom is -0.496 e. The number of benzene rings is 1. The molecule has 1 aromatic heterocycles. The number of ether oxygens (including phenoxy) is 1. The predicted octanol–water partition coefficient (Wildman–Crippen LogP) is 3.09. The van der Waals surface area contributed by atoms with Crippen molar-refractivity contribution in [2.75, 3.05) is 7.11 Å². The van der Waals surface area contributed by atoms with E-state index in [0.717, 1.165) is 33.7 Å². The van der Waals surface area contributed by atoms with Crippen molar-refractivity contribution in [1.82, 2.24) is 10.3 Å². The van der Waals surface area contributed by atoms with Crippen molar-refractivity contribution in [2.45, 2.75) is 13.1 Å². The van der Waals surface area contributed by atoms with E-state index in [0.29, 0.717) is 0 Å². The SMILES string of the molecule is COc1ccccc1CNCc1ncc(Cl)s1. The van der Waals surface area contributed by atoms with Crippen molar-refractivity contribution in [3.8, 4) is 5.75 Å². The van der Waals surface area contributed by atoms with Gasteiger partial charge >= 0.3 is 0 Å². The molecular formula is C12H13ClN2OS. The molecule has 2 rings (SSSR count). The van der Waals surface area contributed by atoms with Crippen molar-refractivity contribution in [3.05, 3.63) is 45.4 Å². The van der Waals surface area contributed by atoms with Gasteiger partial charge in [0.2, 0.25) is 0 Å². The maximum atomic E-state index is 5.81. The molecule has 2 aromatic rings. The molecule has 0 bridgehead atoms. The Morgan fingerprint density at radius 2 is 2.18 bits per heavy atom. The van der Waals surface area contributed by atoms with Gasteiger partial charge in [-0.3, -0.25) is 0 Å². The largest absolute Gasteiger partial charge is 0.496 e. The van der Waals surface area contributed by atoms with E-state index >= 15 is 0 Å². The van der Waals surface area contributed by atoms with Crippen LogP contribution in [-0.2, 0) is 13.1 Å². The quantitative estimate of drug-likeness (QED) is 0.905. The lowest BCUT2D eigenvalue weighted by Crippen LogP contribution is -2.13. The summed E-state index contributed by atoms with van der Waals surface area (Å²) in [6.45, 7) is 1.47. The average Bonchev–Trinajstić information content (AvgIpc) is 2.76. The molecule has 0 aliphatic carbocycles. The maximum Gasteiger partial charge on any atom is 0.123 e. The summed E-state index contributed by atoms with van der Waals surface area (Å²) in [7, 11) is 1.68. The Morgan fingerprint density at radius 1 is 1.35 bits per heavy atom. The second-order valence-corrected chi connectivity index (χ2v) is 5.22. The molecule has 0 amide bonds. The monoisotopic (exact) mass is 268 g/mol. The van der Waals surface area contributed by atoms with Crippen LogP contribution >= 0.6 is 22.9 Å². The van der Waals surface area contributed by atoms with Gasteiger partial charge in [0.05, 0.1) is 13.3 Å². The Hall–Kier alpha value is -1.10. The molecule has 0 fully saturated rings. The second-order valence-electron chi connectivity index (χ2n) is 3.47. The van der Waals surface area contributed by atoms with Gasteiger partial charge in [-0.25, -0.2) is 4.98 Å². The third-order valence-electron chi connectivity index (χ3n) is 2.31. The Kier molecular flexibility index (Phi) is 4.36. The normalized spacial score (nSPS) is 10.5. The van der Waals surface area contributed by atoms with Crippen LogP contribution in [-0.4, -0.2) is 12.1 Å². The summed E-state index contributed by atoms with van der Waals surface area (Å²) in [5, 5.41) is 4.31. The number of para-hydroxylation sites is 1. The number of aromatic nitrogens is 1. The van der Waals surface area contributed by atoms with E-state index in [2.05, 4.69) is 10.3 Å². The van der Waals surface area contributed by atoms with Crippen molar-refractivity contribution in [3.63, 3.8) is 0 Å². The molecule has 0 spiro atoms. The lowest BCUT2D eigenvalue weighted by Gasteiger charge is -2.08. The zero-order valence-electron chi connectivity index (χ0n) is 9.44. The highest BCUT2D eigenvalue weighted by molar-refractivity contribution is 7.15. The number of hydrogen-bond donors (Lipinski definition) is 1. The summed E-state index contributed by atoms with van der Waals surface area (Å²) in [6, 6.07) is 7.96. The summed E-state index contributed by atoms with van der Waals surface area (Å²) in [5.74, 6) is 0.900. The fourth-order valence-electron chi connectivity index (χ4n) is 1.52. The standard InChI is InChI=1S/C12H13ClN2OS/c1-16-10-5-3-2-4-9(10)6-14-8-12-15-7-11(13)17-12/h2-5,7,14H,6,8H2,1H3. The number of thiazole rings is 1. The van der Waals surface area contributed by atoms with Crippen molar-refractivity contribution in [2.24, 2.45) is 0 Å². The fourth-order valence-corrected chi connectivity index (χ4v) is 2.45. The van der Waals surface area contributed by atoms with Crippen LogP contribution in [0, 0.1) is 0 Å². The average molecular weight is 269 g/mol. The highest BCUT2D eigenvalue weighted by atomic mass is 35.5. The van der Waals surface area contributed by atoms with Gasteiger partial charge in [-0.15, -0.1) is 11.3 Å². The molecule has 0 saturated heterocycles. The number of nitrogens with one attached hydrogen (secondary N) is 1. The maximum absolute atomic E-state index is 5.81. The molecule has 5 heteroatoms. The molecule has 90 valence electrons. The van der Waals surface area contributed by atoms with E-state index in [-0.39, 0.29) is 0 Å². The molecule has 1 heterocycles. The summed E-state index contributed by atoms with van der Waals surface area (Å²) >= 11 is 7.31. The summed E-state index contributed by atoms with van der Waals surface area (Å²) in [4.78, 5) is 4.18. The molecule has 0 radical (unpaired) electrons. The molecule has 17 heavy (non-hydrogen) atoms. The number of halogens is 1. The number of methoxy groups -OCH3 is 1. The Bertz CT molecular complexity index is 487. The van der Waals surface area contributed by atoms with Crippen LogP contribution in [0.1, 0.15) is 10.6 Å². The van der Waals surface area contributed by atoms with Crippen LogP contribution in [0.4, 0.5) is 0 Å². The third kappa shape index (κ3) is 3.43. The molecular weight excluding hydrogens is 256 g/mol. The molecule has 0 atom stereocenters. The van der Waals surface area contributed by atoms with Gasteiger partial charge in [-0.1, -0.05) is 29.8 Å². The minimum atomic E-state index is 0.718. The van der Waals surface area contributed by atoms with Crippen molar-refractivity contribution >= 4 is 22.9 Å². The molecule has 0 aliphatic heterocycles.